The Labute approximate surface area is 173 Å². The average molecular weight is 415 g/mol. The van der Waals surface area contributed by atoms with Crippen LogP contribution in [0.4, 0.5) is 5.69 Å². The second-order valence-electron chi connectivity index (χ2n) is 5.67. The summed E-state index contributed by atoms with van der Waals surface area (Å²) in [5.74, 6) is 1.04. The van der Waals surface area contributed by atoms with Gasteiger partial charge in [0.05, 0.1) is 22.2 Å². The number of rotatable bonds is 7. The molecule has 1 heterocycles. The van der Waals surface area contributed by atoms with Crippen LogP contribution >= 0.6 is 23.4 Å². The number of halogens is 1. The summed E-state index contributed by atoms with van der Waals surface area (Å²) >= 11 is 7.39. The van der Waals surface area contributed by atoms with Crippen molar-refractivity contribution in [3.05, 3.63) is 70.6 Å². The summed E-state index contributed by atoms with van der Waals surface area (Å²) in [6, 6.07) is 12.7. The minimum atomic E-state index is -0.208. The molecule has 7 heteroatoms. The van der Waals surface area contributed by atoms with Gasteiger partial charge in [-0.2, -0.15) is 0 Å². The Morgan fingerprint density at radius 1 is 1.21 bits per heavy atom. The van der Waals surface area contributed by atoms with E-state index in [0.29, 0.717) is 45.5 Å². The Morgan fingerprint density at radius 2 is 2.04 bits per heavy atom. The number of nitrogens with one attached hydrogen (secondary N) is 1. The molecular formula is C21H19ClN2O3S. The number of ether oxygens (including phenoxy) is 2. The highest BCUT2D eigenvalue weighted by Crippen LogP contribution is 2.33. The molecule has 0 bridgehead atoms. The van der Waals surface area contributed by atoms with Crippen LogP contribution in [0.3, 0.4) is 0 Å². The lowest BCUT2D eigenvalue weighted by Gasteiger charge is -2.11. The molecule has 0 unspecified atom stereocenters. The molecule has 0 aromatic heterocycles. The molecule has 0 spiro atoms. The summed E-state index contributed by atoms with van der Waals surface area (Å²) in [4.78, 5) is 17.3. The Kier molecular flexibility index (Phi) is 6.79. The largest absolute Gasteiger partial charge is 0.490 e. The van der Waals surface area contributed by atoms with Crippen LogP contribution in [-0.4, -0.2) is 24.3 Å². The molecule has 2 aromatic carbocycles. The van der Waals surface area contributed by atoms with Gasteiger partial charge in [0.2, 0.25) is 0 Å². The predicted molar refractivity (Wildman–Crippen MR) is 116 cm³/mol. The summed E-state index contributed by atoms with van der Waals surface area (Å²) in [7, 11) is 0. The zero-order chi connectivity index (χ0) is 19.9. The van der Waals surface area contributed by atoms with Gasteiger partial charge in [-0.15, -0.1) is 0 Å². The summed E-state index contributed by atoms with van der Waals surface area (Å²) in [6.45, 7) is 6.45. The molecule has 1 aliphatic heterocycles. The molecule has 1 saturated heterocycles. The molecule has 1 fully saturated rings. The minimum Gasteiger partial charge on any atom is -0.490 e. The monoisotopic (exact) mass is 414 g/mol. The predicted octanol–water partition coefficient (Wildman–Crippen LogP) is 5.20. The van der Waals surface area contributed by atoms with E-state index in [2.05, 4.69) is 16.9 Å². The maximum atomic E-state index is 12.3. The highest BCUT2D eigenvalue weighted by atomic mass is 35.5. The first-order chi connectivity index (χ1) is 13.6. The van der Waals surface area contributed by atoms with Crippen molar-refractivity contribution < 1.29 is 14.3 Å². The molecule has 3 rings (SSSR count). The molecule has 1 N–H and O–H groups in total. The molecule has 144 valence electrons. The van der Waals surface area contributed by atoms with E-state index in [9.17, 15) is 4.79 Å². The van der Waals surface area contributed by atoms with Gasteiger partial charge in [0.25, 0.3) is 5.91 Å². The summed E-state index contributed by atoms with van der Waals surface area (Å²) < 4.78 is 11.2. The zero-order valence-electron chi connectivity index (χ0n) is 15.3. The second-order valence-corrected chi connectivity index (χ2v) is 7.11. The van der Waals surface area contributed by atoms with Crippen LogP contribution in [0.2, 0.25) is 5.02 Å². The van der Waals surface area contributed by atoms with E-state index in [1.807, 2.05) is 37.3 Å². The maximum Gasteiger partial charge on any atom is 0.264 e. The fourth-order valence-electron chi connectivity index (χ4n) is 2.43. The standard InChI is InChI=1S/C21H19ClN2O3S/c1-3-11-27-17-10-9-14(12-18(17)26-4-2)13-19-20(25)24-21(28-19)23-16-8-6-5-7-15(16)22/h3,5-10,12-13H,1,4,11H2,2H3,(H,23,24,25)/b19-13-. The van der Waals surface area contributed by atoms with E-state index in [0.717, 1.165) is 5.56 Å². The number of amides is 1. The first kappa shape index (κ1) is 20.0. The summed E-state index contributed by atoms with van der Waals surface area (Å²) in [6.07, 6.45) is 3.46. The van der Waals surface area contributed by atoms with E-state index in [1.54, 1.807) is 24.3 Å². The number of benzene rings is 2. The highest BCUT2D eigenvalue weighted by Gasteiger charge is 2.24. The number of aliphatic imine (C=N–C) groups is 1. The number of hydrogen-bond acceptors (Lipinski definition) is 5. The first-order valence-electron chi connectivity index (χ1n) is 8.65. The zero-order valence-corrected chi connectivity index (χ0v) is 16.8. The van der Waals surface area contributed by atoms with Gasteiger partial charge in [-0.25, -0.2) is 4.99 Å². The first-order valence-corrected chi connectivity index (χ1v) is 9.84. The fourth-order valence-corrected chi connectivity index (χ4v) is 3.45. The summed E-state index contributed by atoms with van der Waals surface area (Å²) in [5.41, 5.74) is 1.43. The van der Waals surface area contributed by atoms with Crippen molar-refractivity contribution in [1.29, 1.82) is 0 Å². The van der Waals surface area contributed by atoms with Crippen molar-refractivity contribution in [2.75, 3.05) is 13.2 Å². The topological polar surface area (TPSA) is 59.9 Å². The fraction of sp³-hybridized carbons (Fsp3) is 0.143. The Morgan fingerprint density at radius 3 is 2.79 bits per heavy atom. The molecule has 0 aliphatic carbocycles. The quantitative estimate of drug-likeness (QED) is 0.500. The van der Waals surface area contributed by atoms with E-state index in [1.165, 1.54) is 11.8 Å². The molecule has 2 aromatic rings. The molecule has 0 atom stereocenters. The van der Waals surface area contributed by atoms with E-state index in [4.69, 9.17) is 21.1 Å². The van der Waals surface area contributed by atoms with Gasteiger partial charge < -0.3 is 14.8 Å². The molecular weight excluding hydrogens is 396 g/mol. The van der Waals surface area contributed by atoms with Gasteiger partial charge in [0.1, 0.15) is 6.61 Å². The van der Waals surface area contributed by atoms with Gasteiger partial charge >= 0.3 is 0 Å². The van der Waals surface area contributed by atoms with Crippen molar-refractivity contribution in [2.24, 2.45) is 4.99 Å². The second kappa shape index (κ2) is 9.48. The minimum absolute atomic E-state index is 0.208. The Hall–Kier alpha value is -2.70. The smallest absolute Gasteiger partial charge is 0.264 e. The van der Waals surface area contributed by atoms with Gasteiger partial charge in [-0.05, 0) is 54.6 Å². The molecule has 0 radical (unpaired) electrons. The number of carbonyl (C=O) groups excluding carboxylic acids is 1. The summed E-state index contributed by atoms with van der Waals surface area (Å²) in [5, 5.41) is 3.77. The molecule has 1 amide bonds. The lowest BCUT2D eigenvalue weighted by molar-refractivity contribution is -0.115. The number of carbonyl (C=O) groups is 1. The lowest BCUT2D eigenvalue weighted by Crippen LogP contribution is -2.19. The molecule has 5 nitrogen and oxygen atoms in total. The van der Waals surface area contributed by atoms with Gasteiger partial charge in [0.15, 0.2) is 16.7 Å². The van der Waals surface area contributed by atoms with Gasteiger partial charge in [0, 0.05) is 0 Å². The van der Waals surface area contributed by atoms with E-state index < -0.39 is 0 Å². The highest BCUT2D eigenvalue weighted by molar-refractivity contribution is 8.18. The number of thioether (sulfide) groups is 1. The normalized spacial score (nSPS) is 16.3. The third-order valence-electron chi connectivity index (χ3n) is 3.65. The van der Waals surface area contributed by atoms with Crippen LogP contribution in [0.25, 0.3) is 6.08 Å². The molecule has 1 aliphatic rings. The number of hydrogen-bond donors (Lipinski definition) is 1. The third-order valence-corrected chi connectivity index (χ3v) is 4.88. The Balaban J connectivity index is 1.83. The van der Waals surface area contributed by atoms with Crippen LogP contribution in [0.1, 0.15) is 12.5 Å². The van der Waals surface area contributed by atoms with Crippen molar-refractivity contribution in [3.63, 3.8) is 0 Å². The SMILES string of the molecule is C=CCOc1ccc(/C=C2\SC(=Nc3ccccc3Cl)NC2=O)cc1OCC. The number of nitrogens with zero attached hydrogens (tertiary/aromatic N) is 1. The average Bonchev–Trinajstić information content (AvgIpc) is 3.02. The van der Waals surface area contributed by atoms with Gasteiger partial charge in [-0.3, -0.25) is 4.79 Å². The molecule has 28 heavy (non-hydrogen) atoms. The molecule has 0 saturated carbocycles. The van der Waals surface area contributed by atoms with Crippen LogP contribution in [-0.2, 0) is 4.79 Å². The van der Waals surface area contributed by atoms with Crippen molar-refractivity contribution >= 4 is 46.2 Å². The van der Waals surface area contributed by atoms with Gasteiger partial charge in [-0.1, -0.05) is 42.5 Å². The van der Waals surface area contributed by atoms with Crippen molar-refractivity contribution in [2.45, 2.75) is 6.92 Å². The van der Waals surface area contributed by atoms with Crippen molar-refractivity contribution in [3.8, 4) is 11.5 Å². The van der Waals surface area contributed by atoms with E-state index in [-0.39, 0.29) is 5.91 Å². The maximum absolute atomic E-state index is 12.3. The van der Waals surface area contributed by atoms with Crippen LogP contribution < -0.4 is 14.8 Å². The number of para-hydroxylation sites is 1. The van der Waals surface area contributed by atoms with Crippen LogP contribution in [0.5, 0.6) is 11.5 Å². The van der Waals surface area contributed by atoms with Crippen LogP contribution in [0.15, 0.2) is 65.0 Å². The number of amidine groups is 1. The van der Waals surface area contributed by atoms with E-state index >= 15 is 0 Å². The lowest BCUT2D eigenvalue weighted by atomic mass is 10.2. The third kappa shape index (κ3) is 4.97. The van der Waals surface area contributed by atoms with Crippen LogP contribution in [0, 0.1) is 0 Å². The van der Waals surface area contributed by atoms with Crippen molar-refractivity contribution in [1.82, 2.24) is 5.32 Å². The Bertz CT molecular complexity index is 956.